The van der Waals surface area contributed by atoms with Gasteiger partial charge in [-0.1, -0.05) is 18.2 Å². The van der Waals surface area contributed by atoms with E-state index in [0.717, 1.165) is 24.9 Å². The maximum Gasteiger partial charge on any atom is 0.262 e. The maximum atomic E-state index is 13.3. The van der Waals surface area contributed by atoms with Crippen molar-refractivity contribution in [1.29, 1.82) is 0 Å². The molecule has 30 heavy (non-hydrogen) atoms. The number of hydrogen-bond acceptors (Lipinski definition) is 5. The van der Waals surface area contributed by atoms with E-state index in [4.69, 9.17) is 4.74 Å². The minimum Gasteiger partial charge on any atom is -0.384 e. The van der Waals surface area contributed by atoms with E-state index < -0.39 is 0 Å². The van der Waals surface area contributed by atoms with Crippen LogP contribution < -0.4 is 10.2 Å². The summed E-state index contributed by atoms with van der Waals surface area (Å²) in [6, 6.07) is 11.9. The number of aromatic nitrogens is 1. The number of para-hydroxylation sites is 1. The molecule has 1 N–H and O–H groups in total. The van der Waals surface area contributed by atoms with Gasteiger partial charge in [0.25, 0.3) is 5.91 Å². The van der Waals surface area contributed by atoms with Crippen molar-refractivity contribution in [2.45, 2.75) is 31.7 Å². The van der Waals surface area contributed by atoms with E-state index in [1.807, 2.05) is 34.1 Å². The molecule has 1 saturated heterocycles. The van der Waals surface area contributed by atoms with Crippen molar-refractivity contribution in [3.8, 4) is 0 Å². The van der Waals surface area contributed by atoms with Gasteiger partial charge in [0.2, 0.25) is 5.91 Å². The third-order valence-corrected chi connectivity index (χ3v) is 5.88. The highest BCUT2D eigenvalue weighted by Gasteiger charge is 2.28. The smallest absolute Gasteiger partial charge is 0.262 e. The van der Waals surface area contributed by atoms with Crippen molar-refractivity contribution in [3.63, 3.8) is 0 Å². The van der Waals surface area contributed by atoms with Gasteiger partial charge in [-0.05, 0) is 43.0 Å². The van der Waals surface area contributed by atoms with Crippen LogP contribution in [0.2, 0.25) is 0 Å². The zero-order valence-corrected chi connectivity index (χ0v) is 17.3. The quantitative estimate of drug-likeness (QED) is 0.796. The summed E-state index contributed by atoms with van der Waals surface area (Å²) in [5.74, 6) is 0.732. The molecule has 1 aromatic heterocycles. The molecule has 0 atom stereocenters. The number of carbonyl (C=O) groups is 2. The Kier molecular flexibility index (Phi) is 6.28. The Morgan fingerprint density at radius 2 is 1.93 bits per heavy atom. The summed E-state index contributed by atoms with van der Waals surface area (Å²) in [6.45, 7) is 2.55. The van der Waals surface area contributed by atoms with Crippen LogP contribution in [0.1, 0.15) is 35.2 Å². The Balaban J connectivity index is 1.41. The average Bonchev–Trinajstić information content (AvgIpc) is 3.22. The number of rotatable bonds is 6. The Morgan fingerprint density at radius 1 is 1.13 bits per heavy atom. The summed E-state index contributed by atoms with van der Waals surface area (Å²) in [5.41, 5.74) is 2.78. The van der Waals surface area contributed by atoms with Crippen LogP contribution in [0.3, 0.4) is 0 Å². The molecule has 7 heteroatoms. The molecule has 3 heterocycles. The second-order valence-electron chi connectivity index (χ2n) is 7.78. The topological polar surface area (TPSA) is 74.8 Å². The summed E-state index contributed by atoms with van der Waals surface area (Å²) < 4.78 is 5.00. The molecule has 4 rings (SSSR count). The SMILES string of the molecule is COCCC(=O)N1CCC(Nc2ncccc2C(=O)N2CCc3ccccc32)CC1. The summed E-state index contributed by atoms with van der Waals surface area (Å²) in [4.78, 5) is 33.7. The van der Waals surface area contributed by atoms with Gasteiger partial charge in [-0.2, -0.15) is 0 Å². The van der Waals surface area contributed by atoms with E-state index in [0.29, 0.717) is 44.0 Å². The molecule has 2 aliphatic rings. The number of amides is 2. The van der Waals surface area contributed by atoms with Crippen LogP contribution in [0.5, 0.6) is 0 Å². The average molecular weight is 409 g/mol. The van der Waals surface area contributed by atoms with Gasteiger partial charge in [0, 0.05) is 44.7 Å². The van der Waals surface area contributed by atoms with Crippen LogP contribution in [0.4, 0.5) is 11.5 Å². The Labute approximate surface area is 177 Å². The number of likely N-dealkylation sites (tertiary alicyclic amines) is 1. The second-order valence-corrected chi connectivity index (χ2v) is 7.78. The summed E-state index contributed by atoms with van der Waals surface area (Å²) in [6.07, 6.45) is 4.66. The Bertz CT molecular complexity index is 909. The third kappa shape index (κ3) is 4.31. The van der Waals surface area contributed by atoms with Crippen LogP contribution in [0, 0.1) is 0 Å². The van der Waals surface area contributed by atoms with Gasteiger partial charge in [0.05, 0.1) is 18.6 Å². The van der Waals surface area contributed by atoms with Crippen molar-refractivity contribution in [2.24, 2.45) is 0 Å². The van der Waals surface area contributed by atoms with Gasteiger partial charge in [-0.3, -0.25) is 9.59 Å². The molecule has 1 aromatic carbocycles. The molecule has 0 bridgehead atoms. The molecule has 2 aliphatic heterocycles. The number of pyridine rings is 1. The minimum absolute atomic E-state index is 0.0253. The zero-order chi connectivity index (χ0) is 20.9. The minimum atomic E-state index is -0.0253. The zero-order valence-electron chi connectivity index (χ0n) is 17.3. The van der Waals surface area contributed by atoms with E-state index in [1.165, 1.54) is 5.56 Å². The van der Waals surface area contributed by atoms with Crippen molar-refractivity contribution in [2.75, 3.05) is 43.6 Å². The first kappa shape index (κ1) is 20.3. The molecule has 0 radical (unpaired) electrons. The van der Waals surface area contributed by atoms with Crippen LogP contribution >= 0.6 is 0 Å². The number of fused-ring (bicyclic) bond motifs is 1. The predicted octanol–water partition coefficient (Wildman–Crippen LogP) is 2.72. The van der Waals surface area contributed by atoms with E-state index in [-0.39, 0.29) is 17.9 Å². The molecule has 0 spiro atoms. The van der Waals surface area contributed by atoms with Crippen molar-refractivity contribution < 1.29 is 14.3 Å². The fourth-order valence-electron chi connectivity index (χ4n) is 4.20. The van der Waals surface area contributed by atoms with Crippen LogP contribution in [0.25, 0.3) is 0 Å². The molecule has 2 amide bonds. The molecular formula is C23H28N4O3. The number of methoxy groups -OCH3 is 1. The molecule has 2 aromatic rings. The lowest BCUT2D eigenvalue weighted by Crippen LogP contribution is -2.43. The summed E-state index contributed by atoms with van der Waals surface area (Å²) in [7, 11) is 1.61. The second kappa shape index (κ2) is 9.26. The number of nitrogens with one attached hydrogen (secondary N) is 1. The lowest BCUT2D eigenvalue weighted by atomic mass is 10.0. The van der Waals surface area contributed by atoms with E-state index in [2.05, 4.69) is 16.4 Å². The number of hydrogen-bond donors (Lipinski definition) is 1. The van der Waals surface area contributed by atoms with Crippen molar-refractivity contribution in [1.82, 2.24) is 9.88 Å². The van der Waals surface area contributed by atoms with Gasteiger partial charge < -0.3 is 19.9 Å². The number of benzene rings is 1. The number of nitrogens with zero attached hydrogens (tertiary/aromatic N) is 3. The molecule has 0 unspecified atom stereocenters. The predicted molar refractivity (Wildman–Crippen MR) is 116 cm³/mol. The Hall–Kier alpha value is -2.93. The first-order valence-electron chi connectivity index (χ1n) is 10.6. The highest BCUT2D eigenvalue weighted by atomic mass is 16.5. The fourth-order valence-corrected chi connectivity index (χ4v) is 4.20. The van der Waals surface area contributed by atoms with Gasteiger partial charge in [-0.15, -0.1) is 0 Å². The Morgan fingerprint density at radius 3 is 2.73 bits per heavy atom. The highest BCUT2D eigenvalue weighted by Crippen LogP contribution is 2.30. The van der Waals surface area contributed by atoms with Crippen LogP contribution in [0.15, 0.2) is 42.6 Å². The van der Waals surface area contributed by atoms with Crippen molar-refractivity contribution >= 4 is 23.3 Å². The summed E-state index contributed by atoms with van der Waals surface area (Å²) >= 11 is 0. The highest BCUT2D eigenvalue weighted by molar-refractivity contribution is 6.10. The van der Waals surface area contributed by atoms with Crippen LogP contribution in [-0.4, -0.2) is 61.1 Å². The number of anilines is 2. The molecule has 1 fully saturated rings. The normalized spacial score (nSPS) is 16.4. The third-order valence-electron chi connectivity index (χ3n) is 5.88. The van der Waals surface area contributed by atoms with E-state index >= 15 is 0 Å². The number of carbonyl (C=O) groups excluding carboxylic acids is 2. The first-order chi connectivity index (χ1) is 14.7. The van der Waals surface area contributed by atoms with Gasteiger partial charge in [-0.25, -0.2) is 4.98 Å². The fraction of sp³-hybridized carbons (Fsp3) is 0.435. The molecule has 0 aliphatic carbocycles. The van der Waals surface area contributed by atoms with Gasteiger partial charge in [0.1, 0.15) is 5.82 Å². The lowest BCUT2D eigenvalue weighted by molar-refractivity contribution is -0.133. The molecule has 0 saturated carbocycles. The molecule has 7 nitrogen and oxygen atoms in total. The standard InChI is InChI=1S/C23H28N4O3/c1-30-16-11-21(28)26-13-9-18(10-14-26)25-22-19(6-4-12-24-22)23(29)27-15-8-17-5-2-3-7-20(17)27/h2-7,12,18H,8-11,13-16H2,1H3,(H,24,25). The molecular weight excluding hydrogens is 380 g/mol. The number of piperidine rings is 1. The van der Waals surface area contributed by atoms with E-state index in [9.17, 15) is 9.59 Å². The number of ether oxygens (including phenoxy) is 1. The lowest BCUT2D eigenvalue weighted by Gasteiger charge is -2.33. The maximum absolute atomic E-state index is 13.3. The summed E-state index contributed by atoms with van der Waals surface area (Å²) in [5, 5.41) is 3.46. The monoisotopic (exact) mass is 408 g/mol. The largest absolute Gasteiger partial charge is 0.384 e. The first-order valence-corrected chi connectivity index (χ1v) is 10.6. The van der Waals surface area contributed by atoms with Crippen LogP contribution in [-0.2, 0) is 16.0 Å². The van der Waals surface area contributed by atoms with E-state index in [1.54, 1.807) is 19.4 Å². The van der Waals surface area contributed by atoms with Gasteiger partial charge >= 0.3 is 0 Å². The van der Waals surface area contributed by atoms with Gasteiger partial charge in [0.15, 0.2) is 0 Å². The van der Waals surface area contributed by atoms with Crippen molar-refractivity contribution in [3.05, 3.63) is 53.7 Å². The molecule has 158 valence electrons.